The van der Waals surface area contributed by atoms with E-state index in [2.05, 4.69) is 26.1 Å². The monoisotopic (exact) mass is 1950 g/mol. The molecule has 0 aromatic heterocycles. The van der Waals surface area contributed by atoms with Crippen LogP contribution in [0.4, 0.5) is 0 Å². The van der Waals surface area contributed by atoms with Crippen molar-refractivity contribution in [2.24, 2.45) is 0 Å². The Hall–Kier alpha value is -10.6. The molecule has 9 aromatic carbocycles. The number of ketones is 1. The largest absolute Gasteiger partial charge is 0.467 e. The van der Waals surface area contributed by atoms with Crippen LogP contribution in [0.3, 0.4) is 0 Å². The van der Waals surface area contributed by atoms with E-state index in [1.807, 2.05) is 182 Å². The summed E-state index contributed by atoms with van der Waals surface area (Å²) in [5, 5.41) is 43.9. The fourth-order valence-electron chi connectivity index (χ4n) is 17.8. The van der Waals surface area contributed by atoms with Crippen molar-refractivity contribution in [2.75, 3.05) is 33.5 Å². The Kier molecular flexibility index (Phi) is 38.1. The Bertz CT molecular complexity index is 5290. The molecule has 6 aliphatic heterocycles. The van der Waals surface area contributed by atoms with E-state index in [9.17, 15) is 44.1 Å². The Morgan fingerprint density at radius 2 is 0.779 bits per heavy atom. The Labute approximate surface area is 814 Å². The second-order valence-corrected chi connectivity index (χ2v) is 39.9. The van der Waals surface area contributed by atoms with Gasteiger partial charge in [0.15, 0.2) is 70.5 Å². The summed E-state index contributed by atoms with van der Waals surface area (Å²) >= 11 is 0. The SMILES string of the molecule is CC[Si](CC)(CC)O[C@@H]1O[C@H](COCc2ccccc2)[C@@H](O[C@@H]2O[C@H](COCc3ccccc3)[C@H](O)[C@H](O[C@@H]3O[C@H](COCc4ccccc4)[C@@H](O[C@@H]4O[C@@H]5COC(c6ccccc6)O[C@@H]5[C@H](O[C@H]5O[C@H](C(=O)OC)[C@@H](OC(=O)c6ccccc6)[C@H](OC(=O)CCC(C)=O)[C@H]5OC(=O)c5ccccc5)[C@H]4O)[C@H](O)[C@H]3NC(C)=O)[C@H]2OCc2ccccc2)[C@H](OCc2ccccc2)[C@H]1OCc1ccccc1. The lowest BCUT2D eigenvalue weighted by atomic mass is 9.93. The number of hydrogen-bond acceptors (Lipinski definition) is 31. The maximum Gasteiger partial charge on any atom is 0.339 e. The van der Waals surface area contributed by atoms with Gasteiger partial charge in [0.1, 0.15) is 103 Å². The number of benzene rings is 9. The molecule has 0 saturated carbocycles. The van der Waals surface area contributed by atoms with Gasteiger partial charge in [0.05, 0.1) is 90.7 Å². The topological polar surface area (TPSA) is 378 Å². The number of carbonyl (C=O) groups is 6. The molecule has 0 radical (unpaired) electrons. The van der Waals surface area contributed by atoms with E-state index < -0.39 is 217 Å². The molecule has 33 heteroatoms. The molecule has 1 amide bonds. The van der Waals surface area contributed by atoms with Crippen molar-refractivity contribution in [1.29, 1.82) is 0 Å². The highest BCUT2D eigenvalue weighted by Crippen LogP contribution is 2.44. The minimum atomic E-state index is -2.64. The third kappa shape index (κ3) is 27.4. The van der Waals surface area contributed by atoms with Gasteiger partial charge in [0.2, 0.25) is 5.91 Å². The molecule has 0 spiro atoms. The number of amides is 1. The number of esters is 4. The van der Waals surface area contributed by atoms with Crippen LogP contribution in [0.5, 0.6) is 0 Å². The molecule has 140 heavy (non-hydrogen) atoms. The van der Waals surface area contributed by atoms with Crippen LogP contribution in [0.25, 0.3) is 0 Å². The van der Waals surface area contributed by atoms with Crippen LogP contribution in [0.2, 0.25) is 18.1 Å². The standard InChI is InChI=1S/C107H123NO31Si/c1-7-140(8-2,9-3)139-107-97(124-62-74-47-29-15-30-48-74)92(122-60-72-43-25-13-26-44-72)89(80(129-107)65-121-59-71-41-23-12-24-42-71)135-105-96(123-61-73-45-27-14-28-46-73)90(84(112)78(126-105)63-119-57-69-37-19-10-20-38-69)136-103-83(108-68(5)110)85(113)87(79(127-103)64-120-58-70-39-21-11-22-40-70)133-104-86(114)91(88-81(128-104)66-125-102(134-88)77-53-35-18-36-54-77)137-106-98(132-100(116)76-51-33-17-34-52-76)94(130-82(111)56-55-67(4)109)93(95(138-106)101(117)118-6)131-99(115)75-49-31-16-32-50-75/h10-54,78-81,83-98,102-107,112-114H,7-9,55-66H2,1-6H3,(H,108,110)/t78-,79-,80-,81-,83-,84+,85-,86-,87-,88+,89-,90+,91-,92+,93+,94+,95+,96-,97-,98-,102?,103+,104+,105+,106+,107+/m1/s1. The highest BCUT2D eigenvalue weighted by Gasteiger charge is 2.62. The molecule has 9 aromatic rings. The van der Waals surface area contributed by atoms with Crippen LogP contribution in [0.1, 0.15) is 113 Å². The maximum absolute atomic E-state index is 14.8. The minimum Gasteiger partial charge on any atom is -0.467 e. The van der Waals surface area contributed by atoms with Gasteiger partial charge in [-0.05, 0) is 82.7 Å². The smallest absolute Gasteiger partial charge is 0.339 e. The van der Waals surface area contributed by atoms with Gasteiger partial charge in [0.25, 0.3) is 0 Å². The molecule has 0 aliphatic carbocycles. The molecule has 1 unspecified atom stereocenters. The average Bonchev–Trinajstić information content (AvgIpc) is 0.747. The summed E-state index contributed by atoms with van der Waals surface area (Å²) in [5.41, 5.74) is 5.14. The van der Waals surface area contributed by atoms with Crippen molar-refractivity contribution in [3.8, 4) is 0 Å². The van der Waals surface area contributed by atoms with Crippen molar-refractivity contribution >= 4 is 43.9 Å². The number of nitrogens with one attached hydrogen (secondary N) is 1. The van der Waals surface area contributed by atoms with Crippen LogP contribution in [0.15, 0.2) is 273 Å². The lowest BCUT2D eigenvalue weighted by Gasteiger charge is -2.52. The molecule has 6 heterocycles. The van der Waals surface area contributed by atoms with Crippen molar-refractivity contribution in [3.05, 3.63) is 323 Å². The summed E-state index contributed by atoms with van der Waals surface area (Å²) in [4.78, 5) is 85.0. The second kappa shape index (κ2) is 51.4. The molecule has 4 N–H and O–H groups in total. The molecule has 26 atom stereocenters. The normalized spacial score (nSPS) is 29.0. The van der Waals surface area contributed by atoms with Crippen molar-refractivity contribution in [3.63, 3.8) is 0 Å². The summed E-state index contributed by atoms with van der Waals surface area (Å²) < 4.78 is 151. The molecule has 6 fully saturated rings. The number of methoxy groups -OCH3 is 1. The predicted octanol–water partition coefficient (Wildman–Crippen LogP) is 12.2. The number of aliphatic hydroxyl groups is 3. The highest BCUT2D eigenvalue weighted by molar-refractivity contribution is 6.73. The molecule has 0 bridgehead atoms. The second-order valence-electron chi connectivity index (χ2n) is 35.2. The van der Waals surface area contributed by atoms with Crippen molar-refractivity contribution in [1.82, 2.24) is 5.32 Å². The zero-order valence-corrected chi connectivity index (χ0v) is 79.9. The van der Waals surface area contributed by atoms with E-state index in [4.69, 9.17) is 104 Å². The van der Waals surface area contributed by atoms with Crippen LogP contribution < -0.4 is 5.32 Å². The first kappa shape index (κ1) is 104. The van der Waals surface area contributed by atoms with Crippen molar-refractivity contribution in [2.45, 2.75) is 265 Å². The van der Waals surface area contributed by atoms with E-state index >= 15 is 0 Å². The minimum absolute atomic E-state index is 0.0281. The first-order valence-electron chi connectivity index (χ1n) is 47.5. The van der Waals surface area contributed by atoms with Gasteiger partial charge in [-0.1, -0.05) is 269 Å². The Balaban J connectivity index is 0.819. The van der Waals surface area contributed by atoms with Gasteiger partial charge in [0, 0.05) is 18.9 Å². The van der Waals surface area contributed by atoms with Gasteiger partial charge >= 0.3 is 23.9 Å². The quantitative estimate of drug-likeness (QED) is 0.0156. The zero-order valence-electron chi connectivity index (χ0n) is 78.9. The Morgan fingerprint density at radius 3 is 1.26 bits per heavy atom. The highest BCUT2D eigenvalue weighted by atomic mass is 28.4. The maximum atomic E-state index is 14.8. The predicted molar refractivity (Wildman–Crippen MR) is 503 cm³/mol. The van der Waals surface area contributed by atoms with E-state index in [1.165, 1.54) is 38.1 Å². The lowest BCUT2D eigenvalue weighted by Crippen LogP contribution is -2.71. The van der Waals surface area contributed by atoms with Crippen LogP contribution in [0, 0.1) is 0 Å². The van der Waals surface area contributed by atoms with Gasteiger partial charge in [-0.3, -0.25) is 9.59 Å². The fourth-order valence-corrected chi connectivity index (χ4v) is 20.5. The number of Topliss-reactive ketones (excluding diaryl/α,β-unsaturated/α-hetero) is 1. The zero-order chi connectivity index (χ0) is 97.9. The Morgan fingerprint density at radius 1 is 0.371 bits per heavy atom. The van der Waals surface area contributed by atoms with E-state index in [0.717, 1.165) is 47.5 Å². The van der Waals surface area contributed by atoms with Gasteiger partial charge in [-0.15, -0.1) is 0 Å². The molecule has 6 aliphatic rings. The molecular weight excluding hydrogens is 1820 g/mol. The molecule has 6 saturated heterocycles. The van der Waals surface area contributed by atoms with Gasteiger partial charge in [-0.2, -0.15) is 0 Å². The number of rotatable bonds is 45. The number of hydrogen-bond donors (Lipinski definition) is 4. The summed E-state index contributed by atoms with van der Waals surface area (Å²) in [5.74, 6) is -5.55. The van der Waals surface area contributed by atoms with Crippen LogP contribution in [-0.2, 0) is 163 Å². The van der Waals surface area contributed by atoms with E-state index in [-0.39, 0.29) is 77.0 Å². The lowest BCUT2D eigenvalue weighted by molar-refractivity contribution is -0.406. The first-order valence-corrected chi connectivity index (χ1v) is 50.1. The number of carbonyl (C=O) groups excluding carboxylic acids is 6. The van der Waals surface area contributed by atoms with Gasteiger partial charge in [-0.25, -0.2) is 14.4 Å². The van der Waals surface area contributed by atoms with E-state index in [1.54, 1.807) is 66.7 Å². The summed E-state index contributed by atoms with van der Waals surface area (Å²) in [6.45, 7) is 7.71. The van der Waals surface area contributed by atoms with Crippen molar-refractivity contribution < 1.29 is 148 Å². The van der Waals surface area contributed by atoms with Crippen LogP contribution in [-0.4, -0.2) is 246 Å². The molecule has 32 nitrogen and oxygen atoms in total. The number of ether oxygens (including phenoxy) is 21. The van der Waals surface area contributed by atoms with Gasteiger partial charge < -0.3 is 129 Å². The van der Waals surface area contributed by atoms with Crippen LogP contribution >= 0.6 is 0 Å². The number of aliphatic hydroxyl groups excluding tert-OH is 3. The van der Waals surface area contributed by atoms with E-state index in [0.29, 0.717) is 16.7 Å². The third-order valence-electron chi connectivity index (χ3n) is 25.5. The summed E-state index contributed by atoms with van der Waals surface area (Å²) in [6, 6.07) is 81.2. The molecular formula is C107H123NO31Si. The third-order valence-corrected chi connectivity index (χ3v) is 30.1. The first-order chi connectivity index (χ1) is 68.2. The number of fused-ring (bicyclic) bond motifs is 1. The summed E-state index contributed by atoms with van der Waals surface area (Å²) in [7, 11) is -1.62. The average molecular weight is 1950 g/mol. The molecule has 746 valence electrons. The molecule has 15 rings (SSSR count). The fraction of sp³-hybridized carbons (Fsp3) is 0.439. The summed E-state index contributed by atoms with van der Waals surface area (Å²) in [6.07, 6.45) is -42.1.